The molecule has 2 aromatic rings. The average Bonchev–Trinajstić information content (AvgIpc) is 2.72. The molecule has 0 saturated heterocycles. The average molecular weight is 509 g/mol. The zero-order valence-corrected chi connectivity index (χ0v) is 16.8. The van der Waals surface area contributed by atoms with E-state index in [1.807, 2.05) is 0 Å². The van der Waals surface area contributed by atoms with Crippen molar-refractivity contribution in [1.82, 2.24) is 0 Å². The van der Waals surface area contributed by atoms with E-state index in [2.05, 4.69) is 9.98 Å². The number of fused-ring (bicyclic) bond motifs is 1. The van der Waals surface area contributed by atoms with Gasteiger partial charge in [0.1, 0.15) is 0 Å². The zero-order valence-electron chi connectivity index (χ0n) is 14.3. The van der Waals surface area contributed by atoms with Gasteiger partial charge in [-0.15, -0.1) is 20.2 Å². The molecule has 1 aliphatic rings. The molecule has 15 heteroatoms. The van der Waals surface area contributed by atoms with Gasteiger partial charge in [-0.2, -0.15) is 0 Å². The second kappa shape index (κ2) is 12.6. The van der Waals surface area contributed by atoms with Crippen LogP contribution in [0.3, 0.4) is 0 Å². The second-order valence-corrected chi connectivity index (χ2v) is 5.74. The Labute approximate surface area is 188 Å². The van der Waals surface area contributed by atoms with Gasteiger partial charge in [0, 0.05) is 27.4 Å². The number of nitrogens with zero attached hydrogens (tertiary/aromatic N) is 4. The van der Waals surface area contributed by atoms with Crippen LogP contribution in [0, 0.1) is 20.2 Å². The molecule has 0 spiro atoms. The number of hydrogen-bond acceptors (Lipinski definition) is 8. The number of halogens is 2. The summed E-state index contributed by atoms with van der Waals surface area (Å²) in [5.74, 6) is -0.833. The minimum absolute atomic E-state index is 0. The molecule has 0 aromatic heterocycles. The largest absolute Gasteiger partial charge is 2.00 e. The van der Waals surface area contributed by atoms with Crippen LogP contribution in [-0.4, -0.2) is 38.4 Å². The van der Waals surface area contributed by atoms with E-state index in [1.165, 1.54) is 0 Å². The van der Waals surface area contributed by atoms with Crippen molar-refractivity contribution >= 4 is 40.5 Å². The van der Waals surface area contributed by atoms with Crippen LogP contribution in [0.1, 0.15) is 11.1 Å². The summed E-state index contributed by atoms with van der Waals surface area (Å²) in [7, 11) is 0. The van der Waals surface area contributed by atoms with E-state index in [4.69, 9.17) is 53.8 Å². The number of rotatable bonds is 1. The molecule has 1 unspecified atom stereocenters. The van der Waals surface area contributed by atoms with Crippen LogP contribution in [0.15, 0.2) is 52.4 Å². The molecular weight excluding hydrogens is 499 g/mol. The van der Waals surface area contributed by atoms with Crippen molar-refractivity contribution < 1.29 is 47.9 Å². The number of benzene rings is 2. The van der Waals surface area contributed by atoms with Gasteiger partial charge in [-0.3, -0.25) is 9.98 Å². The first-order valence-electron chi connectivity index (χ1n) is 7.23. The van der Waals surface area contributed by atoms with E-state index in [0.29, 0.717) is 32.6 Å². The summed E-state index contributed by atoms with van der Waals surface area (Å²) in [6.45, 7) is 0. The van der Waals surface area contributed by atoms with Crippen LogP contribution >= 0.6 is 23.2 Å². The minimum atomic E-state index is -1.80. The van der Waals surface area contributed by atoms with Gasteiger partial charge in [0.05, 0.1) is 11.4 Å². The Bertz CT molecular complexity index is 953. The molecule has 2 aromatic carbocycles. The molecule has 1 atom stereocenters. The summed E-state index contributed by atoms with van der Waals surface area (Å²) in [4.78, 5) is 24.5. The summed E-state index contributed by atoms with van der Waals surface area (Å²) in [6.07, 6.45) is -1.80. The molecule has 0 fully saturated rings. The quantitative estimate of drug-likeness (QED) is 0.325. The van der Waals surface area contributed by atoms with Gasteiger partial charge in [-0.1, -0.05) is 41.4 Å². The van der Waals surface area contributed by atoms with E-state index < -0.39 is 22.3 Å². The molecule has 12 nitrogen and oxygen atoms in total. The van der Waals surface area contributed by atoms with Crippen molar-refractivity contribution in [2.45, 2.75) is 6.23 Å². The maximum atomic E-state index is 11.8. The first kappa shape index (κ1) is 27.0. The molecule has 1 aliphatic heterocycles. The van der Waals surface area contributed by atoms with Crippen LogP contribution < -0.4 is 10.2 Å². The Hall–Kier alpha value is -2.96. The first-order valence-corrected chi connectivity index (χ1v) is 7.99. The predicted octanol–water partition coefficient (Wildman–Crippen LogP) is 1.22. The third kappa shape index (κ3) is 8.59. The Balaban J connectivity index is 0.000000808. The van der Waals surface area contributed by atoms with Gasteiger partial charge >= 0.3 is 17.1 Å². The van der Waals surface area contributed by atoms with Crippen LogP contribution in [0.4, 0.5) is 5.69 Å². The van der Waals surface area contributed by atoms with Crippen molar-refractivity contribution in [2.24, 2.45) is 9.98 Å². The smallest absolute Gasteiger partial charge is 0.861 e. The van der Waals surface area contributed by atoms with E-state index in [1.54, 1.807) is 42.5 Å². The summed E-state index contributed by atoms with van der Waals surface area (Å²) >= 11 is 12.2. The molecule has 163 valence electrons. The van der Waals surface area contributed by atoms with Crippen LogP contribution in [-0.2, 0) is 17.1 Å². The SMILES string of the molecule is O=[N+]([O-])O.O=[N+]([O-])O.[Cu+2].[O-]C1=Nc2ccc(Cl)cc2C(c2ccccc2Cl)=NC1[O-]. The van der Waals surface area contributed by atoms with Crippen LogP contribution in [0.25, 0.3) is 0 Å². The minimum Gasteiger partial charge on any atom is -0.861 e. The summed E-state index contributed by atoms with van der Waals surface area (Å²) < 4.78 is 0. The molecular formula is C15H10Cl2CuN4O8. The maximum Gasteiger partial charge on any atom is 2.00 e. The molecule has 30 heavy (non-hydrogen) atoms. The second-order valence-electron chi connectivity index (χ2n) is 4.90. The third-order valence-corrected chi connectivity index (χ3v) is 3.60. The molecule has 0 saturated carbocycles. The van der Waals surface area contributed by atoms with Gasteiger partial charge in [-0.25, -0.2) is 0 Å². The maximum absolute atomic E-state index is 11.8. The summed E-state index contributed by atoms with van der Waals surface area (Å²) in [5.41, 5.74) is 1.77. The Morgan fingerprint density at radius 2 is 1.50 bits per heavy atom. The molecule has 0 bridgehead atoms. The van der Waals surface area contributed by atoms with Crippen molar-refractivity contribution in [3.8, 4) is 0 Å². The van der Waals surface area contributed by atoms with Crippen molar-refractivity contribution in [3.63, 3.8) is 0 Å². The fraction of sp³-hybridized carbons (Fsp3) is 0.0667. The third-order valence-electron chi connectivity index (χ3n) is 3.03. The summed E-state index contributed by atoms with van der Waals surface area (Å²) in [6, 6.07) is 11.8. The predicted molar refractivity (Wildman–Crippen MR) is 97.0 cm³/mol. The van der Waals surface area contributed by atoms with Gasteiger partial charge in [0.25, 0.3) is 10.2 Å². The van der Waals surface area contributed by atoms with Crippen LogP contribution in [0.2, 0.25) is 10.0 Å². The topological polar surface area (TPSA) is 198 Å². The summed E-state index contributed by atoms with van der Waals surface area (Å²) in [5, 5.41) is 51.7. The number of aliphatic imine (C=N–C) groups is 2. The standard InChI is InChI=1S/C15H9Cl2N2O2.Cu.2HNO3/c16-8-5-6-12-10(7-8)13(19-15(21)14(20)18-12)9-3-1-2-4-11(9)17;;2*2-1(3)4/h1-7,15H,(H,18,20);;2*(H,2,3,4)/q-1;+2;;/p-1. The zero-order chi connectivity index (χ0) is 22.1. The van der Waals surface area contributed by atoms with Gasteiger partial charge in [0.15, 0.2) is 0 Å². The number of hydrogen-bond donors (Lipinski definition) is 2. The van der Waals surface area contributed by atoms with Crippen molar-refractivity contribution in [2.75, 3.05) is 0 Å². The van der Waals surface area contributed by atoms with Gasteiger partial charge in [0.2, 0.25) is 0 Å². The fourth-order valence-electron chi connectivity index (χ4n) is 2.08. The van der Waals surface area contributed by atoms with E-state index >= 15 is 0 Å². The first-order chi connectivity index (χ1) is 13.5. The Kier molecular flexibility index (Phi) is 11.3. The molecule has 0 aliphatic carbocycles. The fourth-order valence-corrected chi connectivity index (χ4v) is 2.48. The molecule has 0 amide bonds. The van der Waals surface area contributed by atoms with E-state index in [9.17, 15) is 10.2 Å². The van der Waals surface area contributed by atoms with E-state index in [-0.39, 0.29) is 17.1 Å². The van der Waals surface area contributed by atoms with E-state index in [0.717, 1.165) is 0 Å². The van der Waals surface area contributed by atoms with Crippen LogP contribution in [0.5, 0.6) is 0 Å². The Morgan fingerprint density at radius 1 is 0.967 bits per heavy atom. The Morgan fingerprint density at radius 3 is 2.03 bits per heavy atom. The van der Waals surface area contributed by atoms with Gasteiger partial charge < -0.3 is 20.6 Å². The normalized spacial score (nSPS) is 13.9. The van der Waals surface area contributed by atoms with Crippen molar-refractivity contribution in [3.05, 3.63) is 83.9 Å². The molecule has 3 rings (SSSR count). The monoisotopic (exact) mass is 507 g/mol. The van der Waals surface area contributed by atoms with Gasteiger partial charge in [-0.05, 0) is 30.2 Å². The molecule has 1 radical (unpaired) electrons. The van der Waals surface area contributed by atoms with Crippen molar-refractivity contribution in [1.29, 1.82) is 0 Å². The molecule has 2 N–H and O–H groups in total. The molecule has 1 heterocycles.